The van der Waals surface area contributed by atoms with Crippen molar-refractivity contribution in [3.05, 3.63) is 64.0 Å². The molecule has 0 spiro atoms. The minimum absolute atomic E-state index is 0.0456. The number of carbonyl (C=O) groups excluding carboxylic acids is 1. The summed E-state index contributed by atoms with van der Waals surface area (Å²) in [6.45, 7) is 0. The van der Waals surface area contributed by atoms with Gasteiger partial charge in [-0.05, 0) is 18.2 Å². The summed E-state index contributed by atoms with van der Waals surface area (Å²) in [6.07, 6.45) is 0. The summed E-state index contributed by atoms with van der Waals surface area (Å²) >= 11 is 7.74. The van der Waals surface area contributed by atoms with E-state index in [0.29, 0.717) is 15.5 Å². The number of ketones is 1. The first-order chi connectivity index (χ1) is 9.70. The first kappa shape index (κ1) is 13.2. The van der Waals surface area contributed by atoms with Crippen molar-refractivity contribution in [2.45, 2.75) is 0 Å². The SMILES string of the molecule is COc1ccc2c(Cl)c(C(=O)c3ccccc3)sc2c1. The molecule has 4 heteroatoms. The smallest absolute Gasteiger partial charge is 0.204 e. The van der Waals surface area contributed by atoms with Crippen LogP contribution < -0.4 is 4.74 Å². The third-order valence-corrected chi connectivity index (χ3v) is 4.73. The quantitative estimate of drug-likeness (QED) is 0.650. The highest BCUT2D eigenvalue weighted by molar-refractivity contribution is 7.21. The minimum Gasteiger partial charge on any atom is -0.497 e. The molecule has 1 aromatic heterocycles. The van der Waals surface area contributed by atoms with Crippen LogP contribution in [0.3, 0.4) is 0 Å². The van der Waals surface area contributed by atoms with Crippen molar-refractivity contribution in [1.29, 1.82) is 0 Å². The van der Waals surface area contributed by atoms with E-state index in [9.17, 15) is 4.79 Å². The Labute approximate surface area is 125 Å². The monoisotopic (exact) mass is 302 g/mol. The zero-order chi connectivity index (χ0) is 14.1. The predicted molar refractivity (Wildman–Crippen MR) is 83.3 cm³/mol. The molecule has 0 N–H and O–H groups in total. The highest BCUT2D eigenvalue weighted by Crippen LogP contribution is 2.38. The molecule has 100 valence electrons. The van der Waals surface area contributed by atoms with Gasteiger partial charge in [-0.2, -0.15) is 0 Å². The maximum Gasteiger partial charge on any atom is 0.204 e. The lowest BCUT2D eigenvalue weighted by Gasteiger charge is -1.98. The Kier molecular flexibility index (Phi) is 3.47. The van der Waals surface area contributed by atoms with Crippen molar-refractivity contribution in [3.8, 4) is 5.75 Å². The summed E-state index contributed by atoms with van der Waals surface area (Å²) in [6, 6.07) is 14.8. The second kappa shape index (κ2) is 5.27. The van der Waals surface area contributed by atoms with Crippen LogP contribution in [0.1, 0.15) is 15.2 Å². The Hall–Kier alpha value is -1.84. The molecule has 0 radical (unpaired) electrons. The molecule has 2 aromatic carbocycles. The molecule has 0 atom stereocenters. The van der Waals surface area contributed by atoms with Gasteiger partial charge in [0.05, 0.1) is 17.0 Å². The Balaban J connectivity index is 2.12. The fourth-order valence-electron chi connectivity index (χ4n) is 2.04. The van der Waals surface area contributed by atoms with E-state index >= 15 is 0 Å². The van der Waals surface area contributed by atoms with Gasteiger partial charge in [-0.1, -0.05) is 41.9 Å². The Bertz CT molecular complexity index is 778. The van der Waals surface area contributed by atoms with Crippen molar-refractivity contribution < 1.29 is 9.53 Å². The van der Waals surface area contributed by atoms with Gasteiger partial charge in [0, 0.05) is 15.6 Å². The van der Waals surface area contributed by atoms with Crippen LogP contribution in [-0.4, -0.2) is 12.9 Å². The zero-order valence-corrected chi connectivity index (χ0v) is 12.3. The summed E-state index contributed by atoms with van der Waals surface area (Å²) in [4.78, 5) is 13.1. The lowest BCUT2D eigenvalue weighted by Crippen LogP contribution is -1.98. The fraction of sp³-hybridized carbons (Fsp3) is 0.0625. The predicted octanol–water partition coefficient (Wildman–Crippen LogP) is 4.79. The van der Waals surface area contributed by atoms with Crippen LogP contribution in [0.5, 0.6) is 5.75 Å². The fourth-order valence-corrected chi connectivity index (χ4v) is 3.55. The molecule has 0 aliphatic rings. The van der Waals surface area contributed by atoms with E-state index in [2.05, 4.69) is 0 Å². The van der Waals surface area contributed by atoms with Crippen LogP contribution in [0.4, 0.5) is 0 Å². The summed E-state index contributed by atoms with van der Waals surface area (Å²) in [7, 11) is 1.62. The van der Waals surface area contributed by atoms with Crippen molar-refractivity contribution in [3.63, 3.8) is 0 Å². The number of halogens is 1. The lowest BCUT2D eigenvalue weighted by molar-refractivity contribution is 0.104. The number of benzene rings is 2. The molecule has 3 rings (SSSR count). The molecule has 0 aliphatic heterocycles. The van der Waals surface area contributed by atoms with Gasteiger partial charge in [-0.25, -0.2) is 0 Å². The first-order valence-corrected chi connectivity index (χ1v) is 7.26. The summed E-state index contributed by atoms with van der Waals surface area (Å²) in [5, 5.41) is 1.40. The molecular formula is C16H11ClO2S. The van der Waals surface area contributed by atoms with Gasteiger partial charge in [0.2, 0.25) is 5.78 Å². The molecule has 0 aliphatic carbocycles. The van der Waals surface area contributed by atoms with E-state index in [0.717, 1.165) is 15.8 Å². The van der Waals surface area contributed by atoms with Crippen LogP contribution >= 0.6 is 22.9 Å². The van der Waals surface area contributed by atoms with E-state index in [1.165, 1.54) is 11.3 Å². The number of ether oxygens (including phenoxy) is 1. The van der Waals surface area contributed by atoms with Crippen molar-refractivity contribution >= 4 is 38.8 Å². The molecular weight excluding hydrogens is 292 g/mol. The van der Waals surface area contributed by atoms with E-state index in [-0.39, 0.29) is 5.78 Å². The van der Waals surface area contributed by atoms with Crippen LogP contribution in [0.25, 0.3) is 10.1 Å². The maximum absolute atomic E-state index is 12.5. The van der Waals surface area contributed by atoms with Gasteiger partial charge < -0.3 is 4.74 Å². The number of fused-ring (bicyclic) bond motifs is 1. The molecule has 0 unspecified atom stereocenters. The number of hydrogen-bond acceptors (Lipinski definition) is 3. The molecule has 20 heavy (non-hydrogen) atoms. The standard InChI is InChI=1S/C16H11ClO2S/c1-19-11-7-8-12-13(9-11)20-16(14(12)17)15(18)10-5-3-2-4-6-10/h2-9H,1H3. The van der Waals surface area contributed by atoms with Crippen molar-refractivity contribution in [2.24, 2.45) is 0 Å². The molecule has 0 bridgehead atoms. The maximum atomic E-state index is 12.5. The van der Waals surface area contributed by atoms with Crippen LogP contribution in [0.15, 0.2) is 48.5 Å². The van der Waals surface area contributed by atoms with Crippen LogP contribution in [-0.2, 0) is 0 Å². The first-order valence-electron chi connectivity index (χ1n) is 6.06. The number of rotatable bonds is 3. The Morgan fingerprint density at radius 3 is 2.60 bits per heavy atom. The molecule has 0 fully saturated rings. The Morgan fingerprint density at radius 1 is 1.15 bits per heavy atom. The van der Waals surface area contributed by atoms with Gasteiger partial charge in [-0.3, -0.25) is 4.79 Å². The normalized spacial score (nSPS) is 10.7. The van der Waals surface area contributed by atoms with E-state index in [1.54, 1.807) is 19.2 Å². The molecule has 0 saturated heterocycles. The molecule has 2 nitrogen and oxygen atoms in total. The highest BCUT2D eigenvalue weighted by Gasteiger charge is 2.18. The number of thiophene rings is 1. The minimum atomic E-state index is -0.0456. The largest absolute Gasteiger partial charge is 0.497 e. The number of hydrogen-bond donors (Lipinski definition) is 0. The van der Waals surface area contributed by atoms with Gasteiger partial charge in [-0.15, -0.1) is 11.3 Å². The van der Waals surface area contributed by atoms with E-state index in [4.69, 9.17) is 16.3 Å². The summed E-state index contributed by atoms with van der Waals surface area (Å²) < 4.78 is 6.15. The Morgan fingerprint density at radius 2 is 1.90 bits per heavy atom. The second-order valence-corrected chi connectivity index (χ2v) is 5.73. The molecule has 1 heterocycles. The number of methoxy groups -OCH3 is 1. The topological polar surface area (TPSA) is 26.3 Å². The van der Waals surface area contributed by atoms with Gasteiger partial charge >= 0.3 is 0 Å². The van der Waals surface area contributed by atoms with Crippen LogP contribution in [0.2, 0.25) is 5.02 Å². The van der Waals surface area contributed by atoms with Gasteiger partial charge in [0.25, 0.3) is 0 Å². The van der Waals surface area contributed by atoms with Gasteiger partial charge in [0.15, 0.2) is 0 Å². The third-order valence-electron chi connectivity index (χ3n) is 3.08. The molecule has 0 saturated carbocycles. The molecule has 3 aromatic rings. The highest BCUT2D eigenvalue weighted by atomic mass is 35.5. The zero-order valence-electron chi connectivity index (χ0n) is 10.7. The van der Waals surface area contributed by atoms with Crippen molar-refractivity contribution in [1.82, 2.24) is 0 Å². The average Bonchev–Trinajstić information content (AvgIpc) is 2.84. The van der Waals surface area contributed by atoms with Crippen LogP contribution in [0, 0.1) is 0 Å². The third kappa shape index (κ3) is 2.19. The second-order valence-electron chi connectivity index (χ2n) is 4.30. The molecule has 0 amide bonds. The van der Waals surface area contributed by atoms with Gasteiger partial charge in [0.1, 0.15) is 5.75 Å². The summed E-state index contributed by atoms with van der Waals surface area (Å²) in [5.74, 6) is 0.713. The van der Waals surface area contributed by atoms with E-state index in [1.807, 2.05) is 36.4 Å². The average molecular weight is 303 g/mol. The summed E-state index contributed by atoms with van der Waals surface area (Å²) in [5.41, 5.74) is 0.646. The van der Waals surface area contributed by atoms with E-state index < -0.39 is 0 Å². The number of carbonyl (C=O) groups is 1. The van der Waals surface area contributed by atoms with Crippen molar-refractivity contribution in [2.75, 3.05) is 7.11 Å². The lowest BCUT2D eigenvalue weighted by atomic mass is 10.1.